The van der Waals surface area contributed by atoms with Crippen molar-refractivity contribution in [2.45, 2.75) is 111 Å². The van der Waals surface area contributed by atoms with Gasteiger partial charge in [0.25, 0.3) is 0 Å². The smallest absolute Gasteiger partial charge is 0.138 e. The van der Waals surface area contributed by atoms with Gasteiger partial charge in [-0.2, -0.15) is 0 Å². The molecule has 0 spiro atoms. The van der Waals surface area contributed by atoms with Gasteiger partial charge in [-0.25, -0.2) is 9.97 Å². The monoisotopic (exact) mass is 622 g/mol. The minimum absolute atomic E-state index is 0.0451. The van der Waals surface area contributed by atoms with Crippen LogP contribution in [-0.4, -0.2) is 29.3 Å². The van der Waals surface area contributed by atoms with Gasteiger partial charge in [-0.05, 0) is 80.3 Å². The van der Waals surface area contributed by atoms with Gasteiger partial charge in [0.2, 0.25) is 0 Å². The van der Waals surface area contributed by atoms with Crippen molar-refractivity contribution in [1.82, 2.24) is 9.97 Å². The van der Waals surface area contributed by atoms with E-state index in [-0.39, 0.29) is 21.7 Å². The molecule has 0 aliphatic carbocycles. The number of hydrogen-bond acceptors (Lipinski definition) is 5. The van der Waals surface area contributed by atoms with Crippen molar-refractivity contribution in [1.29, 1.82) is 0 Å². The number of aromatic nitrogens is 2. The maximum absolute atomic E-state index is 11.8. The third kappa shape index (κ3) is 7.31. The van der Waals surface area contributed by atoms with Crippen molar-refractivity contribution >= 4 is 0 Å². The van der Waals surface area contributed by atoms with E-state index in [4.69, 9.17) is 19.4 Å². The first-order valence-electron chi connectivity index (χ1n) is 16.3. The number of nitrogens with zero attached hydrogens (tertiary/aromatic N) is 2. The van der Waals surface area contributed by atoms with Crippen LogP contribution in [0, 0.1) is 0 Å². The summed E-state index contributed by atoms with van der Waals surface area (Å²) < 4.78 is 12.0. The lowest BCUT2D eigenvalue weighted by atomic mass is 9.77. The van der Waals surface area contributed by atoms with E-state index < -0.39 is 6.10 Å². The van der Waals surface area contributed by atoms with Crippen LogP contribution in [-0.2, 0) is 21.7 Å². The molecule has 2 aromatic carbocycles. The summed E-state index contributed by atoms with van der Waals surface area (Å²) in [6.07, 6.45) is -1.03. The summed E-state index contributed by atoms with van der Waals surface area (Å²) in [6.45, 7) is 26.5. The Hall–Kier alpha value is -3.70. The van der Waals surface area contributed by atoms with Crippen molar-refractivity contribution in [3.8, 4) is 34.0 Å². The highest BCUT2D eigenvalue weighted by atomic mass is 16.5. The first kappa shape index (κ1) is 35.2. The molecule has 0 unspecified atom stereocenters. The fourth-order valence-corrected chi connectivity index (χ4v) is 5.77. The van der Waals surface area contributed by atoms with E-state index in [1.165, 1.54) is 11.1 Å². The third-order valence-electron chi connectivity index (χ3n) is 8.61. The molecule has 0 saturated heterocycles. The highest BCUT2D eigenvalue weighted by Gasteiger charge is 2.29. The second-order valence-corrected chi connectivity index (χ2v) is 16.5. The fourth-order valence-electron chi connectivity index (χ4n) is 5.77. The van der Waals surface area contributed by atoms with Crippen molar-refractivity contribution in [3.63, 3.8) is 0 Å². The van der Waals surface area contributed by atoms with E-state index in [0.717, 1.165) is 45.1 Å². The molecule has 1 N–H and O–H groups in total. The molecule has 0 atom stereocenters. The second kappa shape index (κ2) is 12.5. The third-order valence-corrected chi connectivity index (χ3v) is 8.61. The van der Waals surface area contributed by atoms with Gasteiger partial charge in [-0.1, -0.05) is 107 Å². The van der Waals surface area contributed by atoms with Crippen LogP contribution >= 0.6 is 0 Å². The van der Waals surface area contributed by atoms with E-state index in [1.54, 1.807) is 14.2 Å². The number of pyridine rings is 2. The highest BCUT2D eigenvalue weighted by Crippen LogP contribution is 2.44. The molecule has 0 saturated carbocycles. The second-order valence-electron chi connectivity index (χ2n) is 16.5. The molecule has 2 heterocycles. The van der Waals surface area contributed by atoms with Gasteiger partial charge < -0.3 is 14.6 Å². The number of aliphatic hydroxyl groups excluding tert-OH is 1. The Labute approximate surface area is 277 Å². The standard InChI is InChI=1S/C41H54N2O3/c1-38(2,3)25-21-27(40(7,8)9)35(33(23-25)45-13)29-17-15-19-31(42-29)37(44)32-20-16-18-30(43-32)36-28(41(10,11)12)22-26(39(4,5)6)24-34(36)46-14/h15-24,37,44H,1-14H3. The number of rotatable bonds is 6. The zero-order chi connectivity index (χ0) is 34.4. The van der Waals surface area contributed by atoms with E-state index in [9.17, 15) is 5.11 Å². The predicted molar refractivity (Wildman–Crippen MR) is 191 cm³/mol. The molecule has 0 fully saturated rings. The summed E-state index contributed by atoms with van der Waals surface area (Å²) in [4.78, 5) is 10.1. The van der Waals surface area contributed by atoms with E-state index in [1.807, 2.05) is 36.4 Å². The average molecular weight is 623 g/mol. The maximum atomic E-state index is 11.8. The van der Waals surface area contributed by atoms with Gasteiger partial charge in [-0.3, -0.25) is 0 Å². The minimum Gasteiger partial charge on any atom is -0.496 e. The summed E-state index contributed by atoms with van der Waals surface area (Å²) in [7, 11) is 3.42. The molecule has 2 aromatic heterocycles. The molecule has 0 aliphatic heterocycles. The van der Waals surface area contributed by atoms with Crippen molar-refractivity contribution in [3.05, 3.63) is 94.3 Å². The average Bonchev–Trinajstić information content (AvgIpc) is 2.97. The van der Waals surface area contributed by atoms with Crippen LogP contribution < -0.4 is 9.47 Å². The molecule has 0 bridgehead atoms. The van der Waals surface area contributed by atoms with E-state index in [0.29, 0.717) is 11.4 Å². The largest absolute Gasteiger partial charge is 0.496 e. The summed E-state index contributed by atoms with van der Waals surface area (Å²) in [5.74, 6) is 1.55. The molecule has 0 amide bonds. The lowest BCUT2D eigenvalue weighted by molar-refractivity contribution is 0.210. The van der Waals surface area contributed by atoms with Crippen LogP contribution in [0.1, 0.15) is 123 Å². The zero-order valence-corrected chi connectivity index (χ0v) is 30.5. The zero-order valence-electron chi connectivity index (χ0n) is 30.5. The summed E-state index contributed by atoms with van der Waals surface area (Å²) in [5, 5.41) is 11.8. The summed E-state index contributed by atoms with van der Waals surface area (Å²) in [5.41, 5.74) is 8.73. The van der Waals surface area contributed by atoms with Crippen molar-refractivity contribution in [2.24, 2.45) is 0 Å². The fraction of sp³-hybridized carbons (Fsp3) is 0.463. The Morgan fingerprint density at radius 1 is 0.522 bits per heavy atom. The van der Waals surface area contributed by atoms with Gasteiger partial charge >= 0.3 is 0 Å². The van der Waals surface area contributed by atoms with Crippen molar-refractivity contribution in [2.75, 3.05) is 14.2 Å². The van der Waals surface area contributed by atoms with E-state index in [2.05, 4.69) is 107 Å². The van der Waals surface area contributed by atoms with Crippen molar-refractivity contribution < 1.29 is 14.6 Å². The molecule has 246 valence electrons. The molecule has 4 rings (SSSR count). The van der Waals surface area contributed by atoms with Crippen LogP contribution in [0.5, 0.6) is 11.5 Å². The van der Waals surface area contributed by atoms with Gasteiger partial charge in [0.1, 0.15) is 17.6 Å². The Bertz CT molecular complexity index is 1580. The van der Waals surface area contributed by atoms with Crippen LogP contribution in [0.25, 0.3) is 22.5 Å². The minimum atomic E-state index is -1.03. The first-order chi connectivity index (χ1) is 21.2. The van der Waals surface area contributed by atoms with Crippen LogP contribution in [0.4, 0.5) is 0 Å². The van der Waals surface area contributed by atoms with Crippen LogP contribution in [0.15, 0.2) is 60.7 Å². The Morgan fingerprint density at radius 3 is 1.15 bits per heavy atom. The van der Waals surface area contributed by atoms with Crippen LogP contribution in [0.2, 0.25) is 0 Å². The highest BCUT2D eigenvalue weighted by molar-refractivity contribution is 5.75. The quantitative estimate of drug-likeness (QED) is 0.232. The predicted octanol–water partition coefficient (Wildman–Crippen LogP) is 10.1. The normalized spacial score (nSPS) is 12.9. The summed E-state index contributed by atoms with van der Waals surface area (Å²) >= 11 is 0. The SMILES string of the molecule is COc1cc(C(C)(C)C)cc(C(C)(C)C)c1-c1cccc(C(O)c2cccc(-c3c(OC)cc(C(C)(C)C)cc3C(C)(C)C)n2)n1. The molecule has 0 aliphatic rings. The number of aliphatic hydroxyl groups is 1. The summed E-state index contributed by atoms with van der Waals surface area (Å²) in [6, 6.07) is 20.4. The molecule has 4 aromatic rings. The van der Waals surface area contributed by atoms with E-state index >= 15 is 0 Å². The molecule has 46 heavy (non-hydrogen) atoms. The number of ether oxygens (including phenoxy) is 2. The number of methoxy groups -OCH3 is 2. The maximum Gasteiger partial charge on any atom is 0.138 e. The van der Waals surface area contributed by atoms with Gasteiger partial charge in [-0.15, -0.1) is 0 Å². The van der Waals surface area contributed by atoms with Gasteiger partial charge in [0.15, 0.2) is 0 Å². The lowest BCUT2D eigenvalue weighted by Gasteiger charge is -2.29. The molecular weight excluding hydrogens is 568 g/mol. The molecule has 0 radical (unpaired) electrons. The lowest BCUT2D eigenvalue weighted by Crippen LogP contribution is -2.18. The van der Waals surface area contributed by atoms with Gasteiger partial charge in [0, 0.05) is 11.1 Å². The van der Waals surface area contributed by atoms with Gasteiger partial charge in [0.05, 0.1) is 37.0 Å². The number of benzene rings is 2. The number of hydrogen-bond donors (Lipinski definition) is 1. The Balaban J connectivity index is 1.86. The molecular formula is C41H54N2O3. The molecule has 5 heteroatoms. The topological polar surface area (TPSA) is 64.5 Å². The molecule has 5 nitrogen and oxygen atoms in total. The Kier molecular flexibility index (Phi) is 9.54. The van der Waals surface area contributed by atoms with Crippen LogP contribution in [0.3, 0.4) is 0 Å². The first-order valence-corrected chi connectivity index (χ1v) is 16.3. The Morgan fingerprint density at radius 2 is 0.870 bits per heavy atom.